The Hall–Kier alpha value is -1.03. The van der Waals surface area contributed by atoms with Crippen molar-refractivity contribution >= 4 is 32.4 Å². The minimum Gasteiger partial charge on any atom is -0.268 e. The highest BCUT2D eigenvalue weighted by atomic mass is 127. The van der Waals surface area contributed by atoms with Crippen LogP contribution in [-0.2, 0) is 9.84 Å². The molecular formula is C11H13IN4O2S. The molecule has 6 nitrogen and oxygen atoms in total. The molecule has 0 saturated heterocycles. The van der Waals surface area contributed by atoms with Gasteiger partial charge in [0.1, 0.15) is 3.70 Å². The van der Waals surface area contributed by atoms with Crippen molar-refractivity contribution in [1.82, 2.24) is 19.7 Å². The Morgan fingerprint density at radius 1 is 1.37 bits per heavy atom. The number of halogens is 1. The van der Waals surface area contributed by atoms with Gasteiger partial charge in [-0.15, -0.1) is 0 Å². The normalized spacial score (nSPS) is 12.1. The van der Waals surface area contributed by atoms with Crippen LogP contribution in [0.15, 0.2) is 23.6 Å². The van der Waals surface area contributed by atoms with Crippen LogP contribution in [0.2, 0.25) is 0 Å². The van der Waals surface area contributed by atoms with Crippen LogP contribution in [0.25, 0.3) is 11.3 Å². The van der Waals surface area contributed by atoms with Crippen LogP contribution in [0.1, 0.15) is 19.9 Å². The third-order valence-electron chi connectivity index (χ3n) is 2.46. The minimum absolute atomic E-state index is 0.168. The van der Waals surface area contributed by atoms with Gasteiger partial charge in [0.05, 0.1) is 11.3 Å². The lowest BCUT2D eigenvalue weighted by atomic mass is 10.2. The Kier molecular flexibility index (Phi) is 3.90. The zero-order valence-electron chi connectivity index (χ0n) is 10.7. The van der Waals surface area contributed by atoms with Crippen molar-refractivity contribution in [2.45, 2.75) is 25.0 Å². The average molecular weight is 392 g/mol. The molecule has 2 aromatic heterocycles. The van der Waals surface area contributed by atoms with E-state index in [-0.39, 0.29) is 11.2 Å². The minimum atomic E-state index is -3.41. The fourth-order valence-corrected chi connectivity index (χ4v) is 2.66. The molecule has 0 aliphatic heterocycles. The van der Waals surface area contributed by atoms with E-state index in [1.54, 1.807) is 6.07 Å². The van der Waals surface area contributed by atoms with E-state index in [0.29, 0.717) is 5.69 Å². The molecule has 0 bridgehead atoms. The van der Waals surface area contributed by atoms with Crippen molar-refractivity contribution in [2.24, 2.45) is 0 Å². The van der Waals surface area contributed by atoms with Gasteiger partial charge in [-0.3, -0.25) is 4.68 Å². The van der Waals surface area contributed by atoms with Gasteiger partial charge in [-0.2, -0.15) is 5.10 Å². The van der Waals surface area contributed by atoms with Crippen molar-refractivity contribution in [3.8, 4) is 11.3 Å². The van der Waals surface area contributed by atoms with Crippen molar-refractivity contribution in [1.29, 1.82) is 0 Å². The number of hydrogen-bond donors (Lipinski definition) is 0. The second-order valence-corrected chi connectivity index (χ2v) is 7.34. The molecular weight excluding hydrogens is 379 g/mol. The van der Waals surface area contributed by atoms with Gasteiger partial charge < -0.3 is 0 Å². The highest BCUT2D eigenvalue weighted by Gasteiger charge is 2.16. The molecule has 2 heterocycles. The summed E-state index contributed by atoms with van der Waals surface area (Å²) in [6.07, 6.45) is 4.40. The van der Waals surface area contributed by atoms with E-state index in [1.807, 2.05) is 24.7 Å². The predicted molar refractivity (Wildman–Crippen MR) is 79.5 cm³/mol. The maximum Gasteiger partial charge on any atom is 0.247 e. The van der Waals surface area contributed by atoms with Gasteiger partial charge in [0, 0.05) is 24.7 Å². The summed E-state index contributed by atoms with van der Waals surface area (Å²) in [4.78, 5) is 7.87. The first-order chi connectivity index (χ1) is 8.79. The summed E-state index contributed by atoms with van der Waals surface area (Å²) in [5, 5.41) is 4.20. The molecule has 0 radical (unpaired) electrons. The summed E-state index contributed by atoms with van der Waals surface area (Å²) < 4.78 is 25.5. The molecule has 0 aliphatic carbocycles. The summed E-state index contributed by atoms with van der Waals surface area (Å²) in [6, 6.07) is 1.91. The van der Waals surface area contributed by atoms with Gasteiger partial charge in [-0.05, 0) is 42.5 Å². The fourth-order valence-electron chi connectivity index (χ4n) is 1.48. The summed E-state index contributed by atoms with van der Waals surface area (Å²) in [5.41, 5.74) is 1.37. The first-order valence-electron chi connectivity index (χ1n) is 5.57. The largest absolute Gasteiger partial charge is 0.268 e. The highest BCUT2D eigenvalue weighted by Crippen LogP contribution is 2.24. The molecule has 0 aromatic carbocycles. The van der Waals surface area contributed by atoms with Crippen LogP contribution >= 0.6 is 22.6 Å². The summed E-state index contributed by atoms with van der Waals surface area (Å²) in [6.45, 7) is 4.05. The van der Waals surface area contributed by atoms with E-state index in [0.717, 1.165) is 15.5 Å². The molecule has 0 spiro atoms. The molecule has 0 aliphatic rings. The van der Waals surface area contributed by atoms with E-state index in [1.165, 1.54) is 6.20 Å². The van der Waals surface area contributed by atoms with Crippen LogP contribution in [-0.4, -0.2) is 34.4 Å². The lowest BCUT2D eigenvalue weighted by Crippen LogP contribution is -2.04. The molecule has 8 heteroatoms. The molecule has 0 unspecified atom stereocenters. The van der Waals surface area contributed by atoms with Crippen molar-refractivity contribution in [3.63, 3.8) is 0 Å². The number of rotatable bonds is 3. The number of hydrogen-bond acceptors (Lipinski definition) is 5. The van der Waals surface area contributed by atoms with Crippen LogP contribution < -0.4 is 0 Å². The quantitative estimate of drug-likeness (QED) is 0.589. The van der Waals surface area contributed by atoms with E-state index < -0.39 is 9.84 Å². The van der Waals surface area contributed by atoms with Gasteiger partial charge in [-0.1, -0.05) is 0 Å². The molecule has 0 atom stereocenters. The van der Waals surface area contributed by atoms with Crippen molar-refractivity contribution in [3.05, 3.63) is 22.2 Å². The van der Waals surface area contributed by atoms with E-state index >= 15 is 0 Å². The smallest absolute Gasteiger partial charge is 0.247 e. The first-order valence-corrected chi connectivity index (χ1v) is 8.54. The van der Waals surface area contributed by atoms with E-state index in [4.69, 9.17) is 0 Å². The van der Waals surface area contributed by atoms with Crippen molar-refractivity contribution < 1.29 is 8.42 Å². The topological polar surface area (TPSA) is 77.7 Å². The molecule has 2 rings (SSSR count). The first kappa shape index (κ1) is 14.4. The fraction of sp³-hybridized carbons (Fsp3) is 0.364. The molecule has 0 fully saturated rings. The second kappa shape index (κ2) is 5.16. The van der Waals surface area contributed by atoms with Crippen LogP contribution in [0.4, 0.5) is 0 Å². The number of nitrogens with zero attached hydrogens (tertiary/aromatic N) is 4. The predicted octanol–water partition coefficient (Wildman–Crippen LogP) is 1.93. The Balaban J connectivity index is 2.54. The lowest BCUT2D eigenvalue weighted by Gasteiger charge is -2.03. The molecule has 0 saturated carbocycles. The number of sulfone groups is 1. The van der Waals surface area contributed by atoms with Gasteiger partial charge >= 0.3 is 0 Å². The highest BCUT2D eigenvalue weighted by molar-refractivity contribution is 14.1. The third kappa shape index (κ3) is 3.11. The Labute approximate surface area is 125 Å². The Morgan fingerprint density at radius 3 is 2.58 bits per heavy atom. The van der Waals surface area contributed by atoms with Crippen molar-refractivity contribution in [2.75, 3.05) is 6.26 Å². The zero-order chi connectivity index (χ0) is 14.2. The van der Waals surface area contributed by atoms with Gasteiger partial charge in [0.25, 0.3) is 0 Å². The second-order valence-electron chi connectivity index (χ2n) is 4.40. The summed E-state index contributed by atoms with van der Waals surface area (Å²) in [7, 11) is -3.41. The van der Waals surface area contributed by atoms with E-state index in [2.05, 4.69) is 37.7 Å². The molecule has 0 N–H and O–H groups in total. The molecule has 0 amide bonds. The third-order valence-corrected chi connectivity index (χ3v) is 4.11. The summed E-state index contributed by atoms with van der Waals surface area (Å²) in [5.74, 6) is 0. The maximum absolute atomic E-state index is 11.5. The number of aromatic nitrogens is 4. The Morgan fingerprint density at radius 2 is 2.05 bits per heavy atom. The van der Waals surface area contributed by atoms with Crippen LogP contribution in [0.3, 0.4) is 0 Å². The molecule has 2 aromatic rings. The van der Waals surface area contributed by atoms with Gasteiger partial charge in [0.2, 0.25) is 15.0 Å². The lowest BCUT2D eigenvalue weighted by molar-refractivity contribution is 0.529. The standard InChI is InChI=1S/C11H13IN4O2S/c1-7(2)16-6-8(10(12)15-16)9-4-5-13-11(14-9)19(3,17)18/h4-7H,1-3H3. The van der Waals surface area contributed by atoms with Gasteiger partial charge in [-0.25, -0.2) is 18.4 Å². The van der Waals surface area contributed by atoms with Crippen LogP contribution in [0, 0.1) is 3.70 Å². The SMILES string of the molecule is CC(C)n1cc(-c2ccnc(S(C)(=O)=O)n2)c(I)n1. The monoisotopic (exact) mass is 392 g/mol. The maximum atomic E-state index is 11.5. The van der Waals surface area contributed by atoms with Crippen LogP contribution in [0.5, 0.6) is 0 Å². The molecule has 19 heavy (non-hydrogen) atoms. The zero-order valence-corrected chi connectivity index (χ0v) is 13.7. The van der Waals surface area contributed by atoms with E-state index in [9.17, 15) is 8.42 Å². The Bertz CT molecular complexity index is 709. The summed E-state index contributed by atoms with van der Waals surface area (Å²) >= 11 is 2.11. The average Bonchev–Trinajstić information content (AvgIpc) is 2.71. The molecule has 102 valence electrons. The van der Waals surface area contributed by atoms with Gasteiger partial charge in [0.15, 0.2) is 0 Å².